The summed E-state index contributed by atoms with van der Waals surface area (Å²) in [5.41, 5.74) is 1.75. The highest BCUT2D eigenvalue weighted by molar-refractivity contribution is 5.35. The number of rotatable bonds is 5. The van der Waals surface area contributed by atoms with Gasteiger partial charge in [0.2, 0.25) is 0 Å². The smallest absolute Gasteiger partial charge is 0.119 e. The molecule has 1 saturated heterocycles. The van der Waals surface area contributed by atoms with Crippen LogP contribution in [0.5, 0.6) is 5.75 Å². The fourth-order valence-electron chi connectivity index (χ4n) is 3.05. The number of benzene rings is 1. The van der Waals surface area contributed by atoms with E-state index < -0.39 is 0 Å². The molecular formula is C16H25NO. The summed E-state index contributed by atoms with van der Waals surface area (Å²) in [4.78, 5) is 0. The Labute approximate surface area is 111 Å². The Morgan fingerprint density at radius 3 is 2.89 bits per heavy atom. The highest BCUT2D eigenvalue weighted by atomic mass is 16.5. The Bertz CT molecular complexity index is 382. The number of ether oxygens (including phenoxy) is 1. The van der Waals surface area contributed by atoms with Gasteiger partial charge in [-0.25, -0.2) is 0 Å². The minimum Gasteiger partial charge on any atom is -0.497 e. The minimum absolute atomic E-state index is 0.309. The van der Waals surface area contributed by atoms with E-state index in [0.29, 0.717) is 5.41 Å². The SMILES string of the molecule is CC[C@H](C)C[C@@]1(c2cccc(OC)c2)CCNC1. The zero-order valence-corrected chi connectivity index (χ0v) is 11.8. The fourth-order valence-corrected chi connectivity index (χ4v) is 3.05. The molecule has 0 aliphatic carbocycles. The largest absolute Gasteiger partial charge is 0.497 e. The highest BCUT2D eigenvalue weighted by Gasteiger charge is 2.36. The van der Waals surface area contributed by atoms with Gasteiger partial charge >= 0.3 is 0 Å². The van der Waals surface area contributed by atoms with Gasteiger partial charge < -0.3 is 10.1 Å². The zero-order valence-electron chi connectivity index (χ0n) is 11.8. The van der Waals surface area contributed by atoms with Crippen molar-refractivity contribution >= 4 is 0 Å². The number of nitrogens with one attached hydrogen (secondary N) is 1. The van der Waals surface area contributed by atoms with E-state index in [1.807, 2.05) is 6.07 Å². The predicted molar refractivity (Wildman–Crippen MR) is 76.2 cm³/mol. The topological polar surface area (TPSA) is 21.3 Å². The Balaban J connectivity index is 2.28. The molecular weight excluding hydrogens is 222 g/mol. The molecule has 0 spiro atoms. The molecule has 1 aliphatic heterocycles. The van der Waals surface area contributed by atoms with Gasteiger partial charge in [0.25, 0.3) is 0 Å². The second kappa shape index (κ2) is 5.75. The first-order valence-electron chi connectivity index (χ1n) is 7.05. The molecule has 0 bridgehead atoms. The Kier molecular flexibility index (Phi) is 4.28. The van der Waals surface area contributed by atoms with Crippen LogP contribution in [0.1, 0.15) is 38.7 Å². The van der Waals surface area contributed by atoms with Crippen molar-refractivity contribution in [3.05, 3.63) is 29.8 Å². The van der Waals surface area contributed by atoms with Gasteiger partial charge in [-0.05, 0) is 43.0 Å². The Hall–Kier alpha value is -1.02. The molecule has 100 valence electrons. The summed E-state index contributed by atoms with van der Waals surface area (Å²) in [7, 11) is 1.74. The molecule has 1 aromatic carbocycles. The predicted octanol–water partition coefficient (Wildman–Crippen LogP) is 3.36. The third kappa shape index (κ3) is 2.69. The lowest BCUT2D eigenvalue weighted by Crippen LogP contribution is -2.31. The highest BCUT2D eigenvalue weighted by Crippen LogP contribution is 2.38. The molecule has 0 aromatic heterocycles. The van der Waals surface area contributed by atoms with E-state index in [0.717, 1.165) is 24.8 Å². The quantitative estimate of drug-likeness (QED) is 0.861. The first-order valence-corrected chi connectivity index (χ1v) is 7.05. The summed E-state index contributed by atoms with van der Waals surface area (Å²) >= 11 is 0. The summed E-state index contributed by atoms with van der Waals surface area (Å²) in [6.07, 6.45) is 3.76. The molecule has 2 atom stereocenters. The van der Waals surface area contributed by atoms with Crippen molar-refractivity contribution < 1.29 is 4.74 Å². The summed E-state index contributed by atoms with van der Waals surface area (Å²) in [5, 5.41) is 3.54. The first kappa shape index (κ1) is 13.4. The van der Waals surface area contributed by atoms with Gasteiger partial charge in [0.15, 0.2) is 0 Å². The lowest BCUT2D eigenvalue weighted by molar-refractivity contribution is 0.342. The molecule has 1 aliphatic rings. The van der Waals surface area contributed by atoms with Gasteiger partial charge in [0, 0.05) is 12.0 Å². The van der Waals surface area contributed by atoms with Crippen LogP contribution >= 0.6 is 0 Å². The maximum atomic E-state index is 5.37. The van der Waals surface area contributed by atoms with Crippen LogP contribution in [0, 0.1) is 5.92 Å². The fraction of sp³-hybridized carbons (Fsp3) is 0.625. The van der Waals surface area contributed by atoms with Crippen LogP contribution in [0.4, 0.5) is 0 Å². The normalized spacial score (nSPS) is 25.1. The van der Waals surface area contributed by atoms with Crippen molar-refractivity contribution in [2.45, 2.75) is 38.5 Å². The maximum Gasteiger partial charge on any atom is 0.119 e. The lowest BCUT2D eigenvalue weighted by atomic mass is 9.73. The van der Waals surface area contributed by atoms with Crippen molar-refractivity contribution in [2.24, 2.45) is 5.92 Å². The molecule has 1 N–H and O–H groups in total. The van der Waals surface area contributed by atoms with E-state index in [2.05, 4.69) is 37.4 Å². The average Bonchev–Trinajstić information content (AvgIpc) is 2.88. The van der Waals surface area contributed by atoms with Crippen molar-refractivity contribution in [2.75, 3.05) is 20.2 Å². The number of hydrogen-bond donors (Lipinski definition) is 1. The van der Waals surface area contributed by atoms with Gasteiger partial charge in [0.1, 0.15) is 5.75 Å². The Morgan fingerprint density at radius 1 is 1.44 bits per heavy atom. The van der Waals surface area contributed by atoms with Gasteiger partial charge in [0.05, 0.1) is 7.11 Å². The molecule has 0 radical (unpaired) electrons. The van der Waals surface area contributed by atoms with Gasteiger partial charge in [-0.3, -0.25) is 0 Å². The molecule has 0 amide bonds. The van der Waals surface area contributed by atoms with E-state index in [4.69, 9.17) is 4.74 Å². The van der Waals surface area contributed by atoms with E-state index in [1.54, 1.807) is 7.11 Å². The minimum atomic E-state index is 0.309. The van der Waals surface area contributed by atoms with Crippen LogP contribution in [-0.2, 0) is 5.41 Å². The lowest BCUT2D eigenvalue weighted by Gasteiger charge is -2.32. The van der Waals surface area contributed by atoms with Gasteiger partial charge in [-0.2, -0.15) is 0 Å². The van der Waals surface area contributed by atoms with Crippen molar-refractivity contribution in [1.29, 1.82) is 0 Å². The number of methoxy groups -OCH3 is 1. The molecule has 0 unspecified atom stereocenters. The molecule has 18 heavy (non-hydrogen) atoms. The van der Waals surface area contributed by atoms with Crippen LogP contribution in [0.3, 0.4) is 0 Å². The summed E-state index contributed by atoms with van der Waals surface area (Å²) in [6.45, 7) is 6.88. The van der Waals surface area contributed by atoms with E-state index in [1.165, 1.54) is 24.8 Å². The molecule has 1 fully saturated rings. The van der Waals surface area contributed by atoms with Crippen LogP contribution in [0.25, 0.3) is 0 Å². The summed E-state index contributed by atoms with van der Waals surface area (Å²) < 4.78 is 5.37. The Morgan fingerprint density at radius 2 is 2.28 bits per heavy atom. The average molecular weight is 247 g/mol. The third-order valence-corrected chi connectivity index (χ3v) is 4.36. The van der Waals surface area contributed by atoms with Gasteiger partial charge in [-0.15, -0.1) is 0 Å². The van der Waals surface area contributed by atoms with Crippen LogP contribution in [-0.4, -0.2) is 20.2 Å². The molecule has 0 saturated carbocycles. The molecule has 2 rings (SSSR count). The van der Waals surface area contributed by atoms with E-state index >= 15 is 0 Å². The van der Waals surface area contributed by atoms with E-state index in [9.17, 15) is 0 Å². The van der Waals surface area contributed by atoms with Gasteiger partial charge in [-0.1, -0.05) is 32.4 Å². The molecule has 1 heterocycles. The first-order chi connectivity index (χ1) is 8.70. The summed E-state index contributed by atoms with van der Waals surface area (Å²) in [6, 6.07) is 8.63. The van der Waals surface area contributed by atoms with Crippen LogP contribution < -0.4 is 10.1 Å². The van der Waals surface area contributed by atoms with E-state index in [-0.39, 0.29) is 0 Å². The molecule has 2 heteroatoms. The monoisotopic (exact) mass is 247 g/mol. The van der Waals surface area contributed by atoms with Crippen LogP contribution in [0.2, 0.25) is 0 Å². The second-order valence-corrected chi connectivity index (χ2v) is 5.66. The van der Waals surface area contributed by atoms with Crippen molar-refractivity contribution in [3.63, 3.8) is 0 Å². The second-order valence-electron chi connectivity index (χ2n) is 5.66. The van der Waals surface area contributed by atoms with Crippen molar-refractivity contribution in [1.82, 2.24) is 5.32 Å². The third-order valence-electron chi connectivity index (χ3n) is 4.36. The molecule has 2 nitrogen and oxygen atoms in total. The standard InChI is InChI=1S/C16H25NO/c1-4-13(2)11-16(8-9-17-12-16)14-6-5-7-15(10-14)18-3/h5-7,10,13,17H,4,8-9,11-12H2,1-3H3/t13-,16-/m0/s1. The van der Waals surface area contributed by atoms with Crippen LogP contribution in [0.15, 0.2) is 24.3 Å². The maximum absolute atomic E-state index is 5.37. The molecule has 1 aromatic rings. The number of hydrogen-bond acceptors (Lipinski definition) is 2. The summed E-state index contributed by atoms with van der Waals surface area (Å²) in [5.74, 6) is 1.75. The zero-order chi connectivity index (χ0) is 13.0. The van der Waals surface area contributed by atoms with Crippen molar-refractivity contribution in [3.8, 4) is 5.75 Å².